The van der Waals surface area contributed by atoms with E-state index in [4.69, 9.17) is 0 Å². The molecule has 4 heteroatoms. The molecule has 2 rings (SSSR count). The number of carboxylic acid groups (broad SMARTS) is 1. The maximum Gasteiger partial charge on any atom is 0.323 e. The van der Waals surface area contributed by atoms with Gasteiger partial charge in [0.25, 0.3) is 0 Å². The Hall–Kier alpha value is -1.39. The van der Waals surface area contributed by atoms with Crippen molar-refractivity contribution in [3.05, 3.63) is 35.2 Å². The zero-order valence-electron chi connectivity index (χ0n) is 11.7. The molecule has 1 atom stereocenters. The van der Waals surface area contributed by atoms with Gasteiger partial charge >= 0.3 is 5.97 Å². The van der Waals surface area contributed by atoms with Crippen LogP contribution in [0.15, 0.2) is 30.3 Å². The summed E-state index contributed by atoms with van der Waals surface area (Å²) in [6.45, 7) is 5.52. The lowest BCUT2D eigenvalue weighted by atomic mass is 10.0. The van der Waals surface area contributed by atoms with Gasteiger partial charge in [0.15, 0.2) is 0 Å². The molecule has 1 aromatic heterocycles. The smallest absolute Gasteiger partial charge is 0.323 e. The monoisotopic (exact) mass is 277 g/mol. The van der Waals surface area contributed by atoms with Gasteiger partial charge in [-0.15, -0.1) is 11.3 Å². The molecular weight excluding hydrogens is 258 g/mol. The molecule has 1 unspecified atom stereocenters. The highest BCUT2D eigenvalue weighted by atomic mass is 32.1. The first kappa shape index (κ1) is 14.0. The zero-order chi connectivity index (χ0) is 14.2. The number of carbonyl (C=O) groups is 1. The van der Waals surface area contributed by atoms with Gasteiger partial charge in [0, 0.05) is 15.6 Å². The van der Waals surface area contributed by atoms with Crippen LogP contribution in [0.2, 0.25) is 0 Å². The number of thiophene rings is 1. The van der Waals surface area contributed by atoms with Crippen LogP contribution in [-0.4, -0.2) is 28.6 Å². The number of likely N-dealkylation sites (N-methyl/N-ethyl adjacent to an activating group) is 1. The topological polar surface area (TPSA) is 40.5 Å². The van der Waals surface area contributed by atoms with Crippen LogP contribution < -0.4 is 0 Å². The van der Waals surface area contributed by atoms with Crippen molar-refractivity contribution >= 4 is 27.4 Å². The minimum atomic E-state index is -0.879. The van der Waals surface area contributed by atoms with Gasteiger partial charge in [0.2, 0.25) is 0 Å². The van der Waals surface area contributed by atoms with Gasteiger partial charge in [-0.2, -0.15) is 0 Å². The maximum absolute atomic E-state index is 11.3. The first-order valence-electron chi connectivity index (χ1n) is 6.29. The molecule has 0 amide bonds. The summed E-state index contributed by atoms with van der Waals surface area (Å²) >= 11 is 1.73. The van der Waals surface area contributed by atoms with Crippen LogP contribution in [0.4, 0.5) is 0 Å². The van der Waals surface area contributed by atoms with Crippen molar-refractivity contribution in [1.29, 1.82) is 0 Å². The fourth-order valence-corrected chi connectivity index (χ4v) is 3.19. The van der Waals surface area contributed by atoms with Gasteiger partial charge in [-0.1, -0.05) is 18.2 Å². The molecule has 1 aromatic carbocycles. The summed E-state index contributed by atoms with van der Waals surface area (Å²) in [6, 6.07) is 10.5. The molecule has 0 radical (unpaired) electrons. The van der Waals surface area contributed by atoms with Crippen molar-refractivity contribution in [2.75, 3.05) is 7.05 Å². The van der Waals surface area contributed by atoms with Crippen molar-refractivity contribution in [2.45, 2.75) is 32.4 Å². The standard InChI is InChI=1S/C15H19NO2S/c1-10(16(4)15(2,3)14(17)18)13-9-11-7-5-6-8-12(11)19-13/h5-10H,1-4H3,(H,17,18). The van der Waals surface area contributed by atoms with Crippen molar-refractivity contribution < 1.29 is 9.90 Å². The normalized spacial score (nSPS) is 13.9. The Morgan fingerprint density at radius 3 is 2.58 bits per heavy atom. The average molecular weight is 277 g/mol. The van der Waals surface area contributed by atoms with E-state index >= 15 is 0 Å². The highest BCUT2D eigenvalue weighted by Gasteiger charge is 2.35. The molecule has 19 heavy (non-hydrogen) atoms. The minimum absolute atomic E-state index is 0.0727. The number of nitrogens with zero attached hydrogens (tertiary/aromatic N) is 1. The zero-order valence-corrected chi connectivity index (χ0v) is 12.5. The number of rotatable bonds is 4. The second kappa shape index (κ2) is 4.94. The third-order valence-electron chi connectivity index (χ3n) is 3.84. The van der Waals surface area contributed by atoms with Gasteiger partial charge in [-0.3, -0.25) is 9.69 Å². The van der Waals surface area contributed by atoms with Crippen LogP contribution in [-0.2, 0) is 4.79 Å². The van der Waals surface area contributed by atoms with E-state index in [1.54, 1.807) is 25.2 Å². The highest BCUT2D eigenvalue weighted by molar-refractivity contribution is 7.19. The second-order valence-electron chi connectivity index (χ2n) is 5.34. The van der Waals surface area contributed by atoms with Gasteiger partial charge in [-0.25, -0.2) is 0 Å². The van der Waals surface area contributed by atoms with Crippen LogP contribution in [0.1, 0.15) is 31.7 Å². The number of hydrogen-bond donors (Lipinski definition) is 1. The van der Waals surface area contributed by atoms with Crippen molar-refractivity contribution in [2.24, 2.45) is 0 Å². The fraction of sp³-hybridized carbons (Fsp3) is 0.400. The molecule has 0 bridgehead atoms. The minimum Gasteiger partial charge on any atom is -0.480 e. The Morgan fingerprint density at radius 1 is 1.37 bits per heavy atom. The number of hydrogen-bond acceptors (Lipinski definition) is 3. The van der Waals surface area contributed by atoms with Gasteiger partial charge in [-0.05, 0) is 45.3 Å². The summed E-state index contributed by atoms with van der Waals surface area (Å²) < 4.78 is 1.24. The molecule has 102 valence electrons. The van der Waals surface area contributed by atoms with E-state index in [1.807, 2.05) is 24.1 Å². The number of carboxylic acids is 1. The first-order chi connectivity index (χ1) is 8.84. The third kappa shape index (κ3) is 2.51. The molecule has 0 aliphatic carbocycles. The second-order valence-corrected chi connectivity index (χ2v) is 6.45. The summed E-state index contributed by atoms with van der Waals surface area (Å²) in [6.07, 6.45) is 0. The Morgan fingerprint density at radius 2 is 2.00 bits per heavy atom. The lowest BCUT2D eigenvalue weighted by molar-refractivity contribution is -0.149. The lowest BCUT2D eigenvalue weighted by Crippen LogP contribution is -2.48. The van der Waals surface area contributed by atoms with E-state index in [2.05, 4.69) is 25.1 Å². The quantitative estimate of drug-likeness (QED) is 0.925. The van der Waals surface area contributed by atoms with Crippen LogP contribution in [0.5, 0.6) is 0 Å². The van der Waals surface area contributed by atoms with E-state index < -0.39 is 11.5 Å². The van der Waals surface area contributed by atoms with Gasteiger partial charge < -0.3 is 5.11 Å². The van der Waals surface area contributed by atoms with Gasteiger partial charge in [0.05, 0.1) is 0 Å². The van der Waals surface area contributed by atoms with Crippen LogP contribution >= 0.6 is 11.3 Å². The van der Waals surface area contributed by atoms with E-state index in [-0.39, 0.29) is 6.04 Å². The Kier molecular flexibility index (Phi) is 3.65. The summed E-state index contributed by atoms with van der Waals surface area (Å²) in [5.41, 5.74) is -0.879. The van der Waals surface area contributed by atoms with E-state index in [0.29, 0.717) is 0 Å². The predicted molar refractivity (Wildman–Crippen MR) is 79.7 cm³/mol. The Labute approximate surface area is 117 Å². The van der Waals surface area contributed by atoms with Crippen LogP contribution in [0, 0.1) is 0 Å². The Bertz CT molecular complexity index is 570. The summed E-state index contributed by atoms with van der Waals surface area (Å²) in [5.74, 6) is -0.803. The predicted octanol–water partition coefficient (Wildman–Crippen LogP) is 3.76. The van der Waals surface area contributed by atoms with E-state index in [1.165, 1.54) is 15.0 Å². The number of benzene rings is 1. The SMILES string of the molecule is CC(c1cc2ccccc2s1)N(C)C(C)(C)C(=O)O. The van der Waals surface area contributed by atoms with E-state index in [9.17, 15) is 9.90 Å². The molecule has 1 N–H and O–H groups in total. The first-order valence-corrected chi connectivity index (χ1v) is 7.10. The highest BCUT2D eigenvalue weighted by Crippen LogP contribution is 2.34. The van der Waals surface area contributed by atoms with E-state index in [0.717, 1.165) is 0 Å². The van der Waals surface area contributed by atoms with Crippen LogP contribution in [0.25, 0.3) is 10.1 Å². The van der Waals surface area contributed by atoms with Crippen molar-refractivity contribution in [3.63, 3.8) is 0 Å². The Balaban J connectivity index is 2.33. The molecule has 0 saturated carbocycles. The molecule has 2 aromatic rings. The van der Waals surface area contributed by atoms with Crippen molar-refractivity contribution in [3.8, 4) is 0 Å². The molecule has 1 heterocycles. The molecule has 0 aliphatic heterocycles. The fourth-order valence-electron chi connectivity index (χ4n) is 2.03. The lowest BCUT2D eigenvalue weighted by Gasteiger charge is -2.35. The summed E-state index contributed by atoms with van der Waals surface area (Å²) in [7, 11) is 1.86. The van der Waals surface area contributed by atoms with Gasteiger partial charge in [0.1, 0.15) is 5.54 Å². The molecule has 0 saturated heterocycles. The van der Waals surface area contributed by atoms with Crippen molar-refractivity contribution in [1.82, 2.24) is 4.90 Å². The van der Waals surface area contributed by atoms with Crippen LogP contribution in [0.3, 0.4) is 0 Å². The summed E-state index contributed by atoms with van der Waals surface area (Å²) in [4.78, 5) is 14.4. The molecule has 0 aliphatic rings. The largest absolute Gasteiger partial charge is 0.480 e. The third-order valence-corrected chi connectivity index (χ3v) is 5.13. The maximum atomic E-state index is 11.3. The molecule has 3 nitrogen and oxygen atoms in total. The average Bonchev–Trinajstić information content (AvgIpc) is 2.80. The summed E-state index contributed by atoms with van der Waals surface area (Å²) in [5, 5.41) is 10.5. The molecule has 0 fully saturated rings. The number of aliphatic carboxylic acids is 1. The molecule has 0 spiro atoms. The number of fused-ring (bicyclic) bond motifs is 1. The molecular formula is C15H19NO2S.